The van der Waals surface area contributed by atoms with Crippen molar-refractivity contribution in [2.45, 2.75) is 6.42 Å². The molecule has 0 aliphatic carbocycles. The van der Waals surface area contributed by atoms with Crippen molar-refractivity contribution in [3.8, 4) is 6.07 Å². The molecule has 0 heterocycles. The van der Waals surface area contributed by atoms with Gasteiger partial charge < -0.3 is 5.32 Å². The van der Waals surface area contributed by atoms with Crippen LogP contribution in [0.25, 0.3) is 0 Å². The molecule has 0 bridgehead atoms. The van der Waals surface area contributed by atoms with Crippen molar-refractivity contribution in [1.29, 1.82) is 5.26 Å². The number of amides is 1. The third kappa shape index (κ3) is 5.14. The Labute approximate surface area is 110 Å². The number of rotatable bonds is 6. The fraction of sp³-hybridized carbons (Fsp3) is 0.333. The number of carbonyl (C=O) groups is 1. The molecule has 0 unspecified atom stereocenters. The van der Waals surface area contributed by atoms with E-state index in [0.717, 1.165) is 0 Å². The molecule has 7 nitrogen and oxygen atoms in total. The number of likely N-dealkylation sites (N-methyl/N-ethyl adjacent to an activating group) is 1. The first-order valence-electron chi connectivity index (χ1n) is 5.62. The van der Waals surface area contributed by atoms with Crippen LogP contribution in [0.15, 0.2) is 24.3 Å². The van der Waals surface area contributed by atoms with E-state index in [-0.39, 0.29) is 18.1 Å². The van der Waals surface area contributed by atoms with Crippen molar-refractivity contribution in [1.82, 2.24) is 4.90 Å². The fourth-order valence-corrected chi connectivity index (χ4v) is 1.43. The molecule has 1 aromatic carbocycles. The van der Waals surface area contributed by atoms with E-state index in [1.165, 1.54) is 24.3 Å². The number of hydrogen-bond acceptors (Lipinski definition) is 5. The van der Waals surface area contributed by atoms with E-state index in [2.05, 4.69) is 5.32 Å². The number of nitro groups is 1. The number of benzene rings is 1. The van der Waals surface area contributed by atoms with Gasteiger partial charge in [0.2, 0.25) is 5.91 Å². The molecule has 19 heavy (non-hydrogen) atoms. The summed E-state index contributed by atoms with van der Waals surface area (Å²) >= 11 is 0. The van der Waals surface area contributed by atoms with Gasteiger partial charge in [-0.1, -0.05) is 0 Å². The summed E-state index contributed by atoms with van der Waals surface area (Å²) < 4.78 is 0. The minimum absolute atomic E-state index is 0.0239. The Balaban J connectivity index is 2.48. The van der Waals surface area contributed by atoms with E-state index in [1.807, 2.05) is 6.07 Å². The lowest BCUT2D eigenvalue weighted by Crippen LogP contribution is -2.30. The van der Waals surface area contributed by atoms with Gasteiger partial charge in [0.25, 0.3) is 5.69 Å². The monoisotopic (exact) mass is 262 g/mol. The van der Waals surface area contributed by atoms with Crippen molar-refractivity contribution < 1.29 is 9.72 Å². The first kappa shape index (κ1) is 14.6. The first-order chi connectivity index (χ1) is 9.02. The molecule has 1 rings (SSSR count). The van der Waals surface area contributed by atoms with Crippen LogP contribution in [0, 0.1) is 21.4 Å². The Morgan fingerprint density at radius 1 is 1.47 bits per heavy atom. The van der Waals surface area contributed by atoms with Gasteiger partial charge in [0.15, 0.2) is 0 Å². The fourth-order valence-electron chi connectivity index (χ4n) is 1.43. The third-order valence-electron chi connectivity index (χ3n) is 2.38. The van der Waals surface area contributed by atoms with Crippen molar-refractivity contribution in [2.75, 3.05) is 25.5 Å². The molecule has 1 N–H and O–H groups in total. The van der Waals surface area contributed by atoms with Crippen molar-refractivity contribution in [3.63, 3.8) is 0 Å². The number of carbonyl (C=O) groups excluding carboxylic acids is 1. The van der Waals surface area contributed by atoms with Gasteiger partial charge in [-0.05, 0) is 19.2 Å². The maximum absolute atomic E-state index is 11.6. The summed E-state index contributed by atoms with van der Waals surface area (Å²) in [5.41, 5.74) is 0.480. The predicted octanol–water partition coefficient (Wildman–Crippen LogP) is 1.38. The summed E-state index contributed by atoms with van der Waals surface area (Å²) in [6, 6.07) is 7.61. The van der Waals surface area contributed by atoms with Gasteiger partial charge in [-0.15, -0.1) is 0 Å². The maximum atomic E-state index is 11.6. The zero-order valence-corrected chi connectivity index (χ0v) is 10.5. The Morgan fingerprint density at radius 2 is 2.11 bits per heavy atom. The lowest BCUT2D eigenvalue weighted by atomic mass is 10.3. The largest absolute Gasteiger partial charge is 0.325 e. The highest BCUT2D eigenvalue weighted by molar-refractivity contribution is 5.92. The molecule has 0 aliphatic rings. The highest BCUT2D eigenvalue weighted by Crippen LogP contribution is 2.15. The number of nitro benzene ring substituents is 1. The minimum atomic E-state index is -0.499. The predicted molar refractivity (Wildman–Crippen MR) is 69.5 cm³/mol. The highest BCUT2D eigenvalue weighted by Gasteiger charge is 2.08. The SMILES string of the molecule is CN(CCC#N)CC(=O)Nc1ccc([N+](=O)[O-])cc1. The lowest BCUT2D eigenvalue weighted by Gasteiger charge is -2.14. The van der Waals surface area contributed by atoms with Crippen LogP contribution in [0.1, 0.15) is 6.42 Å². The smallest absolute Gasteiger partial charge is 0.269 e. The Kier molecular flexibility index (Phi) is 5.44. The van der Waals surface area contributed by atoms with Crippen LogP contribution < -0.4 is 5.32 Å². The summed E-state index contributed by atoms with van der Waals surface area (Å²) in [7, 11) is 1.74. The summed E-state index contributed by atoms with van der Waals surface area (Å²) in [5.74, 6) is -0.228. The number of hydrogen-bond donors (Lipinski definition) is 1. The van der Waals surface area contributed by atoms with Crippen LogP contribution in [0.4, 0.5) is 11.4 Å². The molecule has 100 valence electrons. The quantitative estimate of drug-likeness (QED) is 0.616. The molecule has 0 saturated carbocycles. The Hall–Kier alpha value is -2.46. The average Bonchev–Trinajstić information content (AvgIpc) is 2.36. The molecule has 1 amide bonds. The molecule has 0 radical (unpaired) electrons. The van der Waals surface area contributed by atoms with Gasteiger partial charge in [0.05, 0.1) is 17.5 Å². The summed E-state index contributed by atoms with van der Waals surface area (Å²) in [4.78, 5) is 23.3. The normalized spacial score (nSPS) is 9.95. The number of nitrogens with zero attached hydrogens (tertiary/aromatic N) is 3. The highest BCUT2D eigenvalue weighted by atomic mass is 16.6. The minimum Gasteiger partial charge on any atom is -0.325 e. The van der Waals surface area contributed by atoms with Crippen molar-refractivity contribution in [3.05, 3.63) is 34.4 Å². The molecule has 0 atom stereocenters. The second-order valence-corrected chi connectivity index (χ2v) is 4.00. The van der Waals surface area contributed by atoms with Crippen LogP contribution in [-0.2, 0) is 4.79 Å². The standard InChI is InChI=1S/C12H14N4O3/c1-15(8-2-7-13)9-12(17)14-10-3-5-11(6-4-10)16(18)19/h3-6H,2,8-9H2,1H3,(H,14,17). The number of anilines is 1. The second-order valence-electron chi connectivity index (χ2n) is 4.00. The molecule has 1 aromatic rings. The second kappa shape index (κ2) is 7.08. The van der Waals surface area contributed by atoms with Crippen molar-refractivity contribution in [2.24, 2.45) is 0 Å². The zero-order valence-electron chi connectivity index (χ0n) is 10.5. The average molecular weight is 262 g/mol. The van der Waals surface area contributed by atoms with Gasteiger partial charge in [0.1, 0.15) is 0 Å². The summed E-state index contributed by atoms with van der Waals surface area (Å²) in [6.45, 7) is 0.683. The van der Waals surface area contributed by atoms with E-state index in [9.17, 15) is 14.9 Å². The number of non-ortho nitro benzene ring substituents is 1. The van der Waals surface area contributed by atoms with E-state index in [1.54, 1.807) is 11.9 Å². The number of nitrogens with one attached hydrogen (secondary N) is 1. The molecular weight excluding hydrogens is 248 g/mol. The molecule has 0 fully saturated rings. The van der Waals surface area contributed by atoms with Crippen LogP contribution >= 0.6 is 0 Å². The maximum Gasteiger partial charge on any atom is 0.269 e. The van der Waals surface area contributed by atoms with Crippen LogP contribution in [0.5, 0.6) is 0 Å². The van der Waals surface area contributed by atoms with Gasteiger partial charge in [-0.25, -0.2) is 0 Å². The summed E-state index contributed by atoms with van der Waals surface area (Å²) in [6.07, 6.45) is 0.362. The first-order valence-corrected chi connectivity index (χ1v) is 5.62. The topological polar surface area (TPSA) is 99.3 Å². The van der Waals surface area contributed by atoms with Crippen molar-refractivity contribution >= 4 is 17.3 Å². The van der Waals surface area contributed by atoms with E-state index in [4.69, 9.17) is 5.26 Å². The van der Waals surface area contributed by atoms with Crippen LogP contribution in [-0.4, -0.2) is 35.9 Å². The zero-order chi connectivity index (χ0) is 14.3. The third-order valence-corrected chi connectivity index (χ3v) is 2.38. The lowest BCUT2D eigenvalue weighted by molar-refractivity contribution is -0.384. The molecule has 0 saturated heterocycles. The van der Waals surface area contributed by atoms with Crippen LogP contribution in [0.2, 0.25) is 0 Å². The van der Waals surface area contributed by atoms with Gasteiger partial charge in [0, 0.05) is 30.8 Å². The van der Waals surface area contributed by atoms with E-state index in [0.29, 0.717) is 18.7 Å². The van der Waals surface area contributed by atoms with E-state index < -0.39 is 4.92 Å². The van der Waals surface area contributed by atoms with Crippen LogP contribution in [0.3, 0.4) is 0 Å². The van der Waals surface area contributed by atoms with Gasteiger partial charge in [-0.2, -0.15) is 5.26 Å². The molecule has 0 aromatic heterocycles. The number of nitriles is 1. The Morgan fingerprint density at radius 3 is 2.63 bits per heavy atom. The molecule has 0 spiro atoms. The van der Waals surface area contributed by atoms with Gasteiger partial charge >= 0.3 is 0 Å². The molecular formula is C12H14N4O3. The molecule has 0 aliphatic heterocycles. The van der Waals surface area contributed by atoms with Gasteiger partial charge in [-0.3, -0.25) is 19.8 Å². The Bertz CT molecular complexity index is 493. The van der Waals surface area contributed by atoms with E-state index >= 15 is 0 Å². The molecule has 7 heteroatoms. The summed E-state index contributed by atoms with van der Waals surface area (Å²) in [5, 5.41) is 21.5.